The lowest BCUT2D eigenvalue weighted by Gasteiger charge is -2.06. The molecule has 0 unspecified atom stereocenters. The number of nitrogens with one attached hydrogen (secondary N) is 2. The molecule has 0 spiro atoms. The molecule has 0 saturated heterocycles. The highest BCUT2D eigenvalue weighted by atomic mass is 32.1. The molecule has 3 aromatic heterocycles. The van der Waals surface area contributed by atoms with E-state index >= 15 is 0 Å². The van der Waals surface area contributed by atoms with Crippen molar-refractivity contribution in [2.45, 2.75) is 20.4 Å². The van der Waals surface area contributed by atoms with Crippen LogP contribution < -0.4 is 10.9 Å². The first-order valence-corrected chi connectivity index (χ1v) is 8.69. The third-order valence-corrected chi connectivity index (χ3v) is 5.34. The van der Waals surface area contributed by atoms with Gasteiger partial charge in [-0.15, -0.1) is 11.3 Å². The molecule has 0 bridgehead atoms. The van der Waals surface area contributed by atoms with Crippen LogP contribution in [0.25, 0.3) is 15.9 Å². The van der Waals surface area contributed by atoms with E-state index in [-0.39, 0.29) is 11.5 Å². The van der Waals surface area contributed by atoms with Crippen LogP contribution in [0.3, 0.4) is 0 Å². The van der Waals surface area contributed by atoms with Crippen molar-refractivity contribution >= 4 is 33.1 Å². The van der Waals surface area contributed by atoms with Gasteiger partial charge in [0.1, 0.15) is 0 Å². The second-order valence-corrected chi connectivity index (χ2v) is 7.09. The number of rotatable bonds is 3. The molecule has 0 aliphatic rings. The van der Waals surface area contributed by atoms with E-state index in [1.165, 1.54) is 10.9 Å². The standard InChI is InChI=1S/C18H16N4O2S/c1-10-11(2)25-18-20-12(9-22(10)18)8-19-17(24)14-7-16(23)21-15-6-4-3-5-13(14)15/h3-7,9H,8H2,1-2H3,(H,19,24)(H,21,23). The second-order valence-electron chi connectivity index (χ2n) is 5.90. The number of aromatic amines is 1. The van der Waals surface area contributed by atoms with Crippen LogP contribution >= 0.6 is 11.3 Å². The Labute approximate surface area is 147 Å². The lowest BCUT2D eigenvalue weighted by molar-refractivity contribution is 0.0952. The molecular weight excluding hydrogens is 336 g/mol. The van der Waals surface area contributed by atoms with Gasteiger partial charge in [0.05, 0.1) is 17.8 Å². The van der Waals surface area contributed by atoms with Gasteiger partial charge in [-0.3, -0.25) is 14.0 Å². The summed E-state index contributed by atoms with van der Waals surface area (Å²) in [6, 6.07) is 8.59. The van der Waals surface area contributed by atoms with Crippen molar-refractivity contribution in [2.24, 2.45) is 0 Å². The number of benzene rings is 1. The average molecular weight is 352 g/mol. The predicted octanol–water partition coefficient (Wildman–Crippen LogP) is 2.78. The zero-order valence-electron chi connectivity index (χ0n) is 13.8. The molecule has 0 saturated carbocycles. The molecule has 126 valence electrons. The molecule has 1 aromatic carbocycles. The minimum Gasteiger partial charge on any atom is -0.346 e. The number of aryl methyl sites for hydroxylation is 2. The maximum atomic E-state index is 12.6. The molecule has 0 fully saturated rings. The first kappa shape index (κ1) is 15.6. The molecule has 4 rings (SSSR count). The number of nitrogens with zero attached hydrogens (tertiary/aromatic N) is 2. The van der Waals surface area contributed by atoms with Crippen LogP contribution in [0.2, 0.25) is 0 Å². The molecule has 6 nitrogen and oxygen atoms in total. The first-order chi connectivity index (χ1) is 12.0. The van der Waals surface area contributed by atoms with Gasteiger partial charge in [-0.05, 0) is 19.9 Å². The predicted molar refractivity (Wildman–Crippen MR) is 98.3 cm³/mol. The number of amides is 1. The summed E-state index contributed by atoms with van der Waals surface area (Å²) < 4.78 is 2.03. The van der Waals surface area contributed by atoms with E-state index in [2.05, 4.69) is 22.2 Å². The number of carbonyl (C=O) groups excluding carboxylic acids is 1. The van der Waals surface area contributed by atoms with Gasteiger partial charge in [0, 0.05) is 33.7 Å². The van der Waals surface area contributed by atoms with E-state index < -0.39 is 0 Å². The summed E-state index contributed by atoms with van der Waals surface area (Å²) in [5, 5.41) is 3.58. The fraction of sp³-hybridized carbons (Fsp3) is 0.167. The van der Waals surface area contributed by atoms with Gasteiger partial charge >= 0.3 is 0 Å². The Hall–Kier alpha value is -2.93. The topological polar surface area (TPSA) is 79.3 Å². The molecular formula is C18H16N4O2S. The first-order valence-electron chi connectivity index (χ1n) is 7.87. The summed E-state index contributed by atoms with van der Waals surface area (Å²) in [5.41, 5.74) is 2.67. The van der Waals surface area contributed by atoms with Gasteiger partial charge in [0.25, 0.3) is 5.91 Å². The van der Waals surface area contributed by atoms with Crippen molar-refractivity contribution in [1.82, 2.24) is 19.7 Å². The van der Waals surface area contributed by atoms with E-state index in [9.17, 15) is 9.59 Å². The van der Waals surface area contributed by atoms with Crippen LogP contribution in [0.4, 0.5) is 0 Å². The van der Waals surface area contributed by atoms with Crippen molar-refractivity contribution in [2.75, 3.05) is 0 Å². The lowest BCUT2D eigenvalue weighted by atomic mass is 10.1. The number of para-hydroxylation sites is 1. The molecule has 0 atom stereocenters. The van der Waals surface area contributed by atoms with Crippen LogP contribution in [-0.4, -0.2) is 20.3 Å². The van der Waals surface area contributed by atoms with E-state index in [1.54, 1.807) is 17.4 Å². The number of imidazole rings is 1. The summed E-state index contributed by atoms with van der Waals surface area (Å²) in [7, 11) is 0. The number of thiazole rings is 1. The Balaban J connectivity index is 1.60. The Bertz CT molecular complexity index is 1170. The van der Waals surface area contributed by atoms with E-state index in [0.29, 0.717) is 17.6 Å². The second kappa shape index (κ2) is 5.86. The number of hydrogen-bond donors (Lipinski definition) is 2. The number of fused-ring (bicyclic) bond motifs is 2. The van der Waals surface area contributed by atoms with Crippen LogP contribution in [0, 0.1) is 13.8 Å². The van der Waals surface area contributed by atoms with Gasteiger partial charge in [0.2, 0.25) is 5.56 Å². The van der Waals surface area contributed by atoms with Crippen LogP contribution in [0.15, 0.2) is 41.3 Å². The molecule has 4 aromatic rings. The van der Waals surface area contributed by atoms with Gasteiger partial charge in [-0.1, -0.05) is 18.2 Å². The Morgan fingerprint density at radius 3 is 2.92 bits per heavy atom. The van der Waals surface area contributed by atoms with Crippen molar-refractivity contribution in [3.05, 3.63) is 68.7 Å². The Morgan fingerprint density at radius 2 is 2.12 bits per heavy atom. The molecule has 25 heavy (non-hydrogen) atoms. The summed E-state index contributed by atoms with van der Waals surface area (Å²) in [4.78, 5) is 33.8. The largest absolute Gasteiger partial charge is 0.346 e. The maximum absolute atomic E-state index is 12.6. The van der Waals surface area contributed by atoms with E-state index in [0.717, 1.165) is 21.7 Å². The molecule has 1 amide bonds. The van der Waals surface area contributed by atoms with Crippen molar-refractivity contribution in [3.8, 4) is 0 Å². The van der Waals surface area contributed by atoms with Gasteiger partial charge < -0.3 is 10.3 Å². The molecule has 0 aliphatic heterocycles. The monoisotopic (exact) mass is 352 g/mol. The minimum absolute atomic E-state index is 0.286. The fourth-order valence-electron chi connectivity index (χ4n) is 2.85. The lowest BCUT2D eigenvalue weighted by Crippen LogP contribution is -2.25. The molecule has 2 N–H and O–H groups in total. The number of H-pyrrole nitrogens is 1. The van der Waals surface area contributed by atoms with Gasteiger partial charge in [0.15, 0.2) is 4.96 Å². The number of carbonyl (C=O) groups is 1. The van der Waals surface area contributed by atoms with E-state index in [4.69, 9.17) is 0 Å². The molecule has 0 aliphatic carbocycles. The molecule has 7 heteroatoms. The molecule has 0 radical (unpaired) electrons. The highest BCUT2D eigenvalue weighted by Gasteiger charge is 2.13. The third-order valence-electron chi connectivity index (χ3n) is 4.26. The summed E-state index contributed by atoms with van der Waals surface area (Å²) >= 11 is 1.63. The van der Waals surface area contributed by atoms with E-state index in [1.807, 2.05) is 35.7 Å². The van der Waals surface area contributed by atoms with Crippen molar-refractivity contribution in [3.63, 3.8) is 0 Å². The number of pyridine rings is 1. The Morgan fingerprint density at radius 1 is 1.32 bits per heavy atom. The smallest absolute Gasteiger partial charge is 0.252 e. The highest BCUT2D eigenvalue weighted by molar-refractivity contribution is 7.17. The summed E-state index contributed by atoms with van der Waals surface area (Å²) in [6.07, 6.45) is 1.93. The third kappa shape index (κ3) is 2.72. The van der Waals surface area contributed by atoms with Crippen molar-refractivity contribution in [1.29, 1.82) is 0 Å². The van der Waals surface area contributed by atoms with Crippen LogP contribution in [-0.2, 0) is 6.54 Å². The van der Waals surface area contributed by atoms with Crippen LogP contribution in [0.1, 0.15) is 26.6 Å². The zero-order chi connectivity index (χ0) is 17.6. The fourth-order valence-corrected chi connectivity index (χ4v) is 3.82. The average Bonchev–Trinajstić information content (AvgIpc) is 3.11. The SMILES string of the molecule is Cc1sc2nc(CNC(=O)c3cc(=O)[nH]c4ccccc34)cn2c1C. The van der Waals surface area contributed by atoms with Crippen LogP contribution in [0.5, 0.6) is 0 Å². The van der Waals surface area contributed by atoms with Crippen molar-refractivity contribution < 1.29 is 4.79 Å². The Kier molecular flexibility index (Phi) is 3.65. The maximum Gasteiger partial charge on any atom is 0.252 e. The zero-order valence-corrected chi connectivity index (χ0v) is 14.6. The minimum atomic E-state index is -0.294. The summed E-state index contributed by atoms with van der Waals surface area (Å²) in [6.45, 7) is 4.42. The number of aromatic nitrogens is 3. The normalized spacial score (nSPS) is 11.3. The quantitative estimate of drug-likeness (QED) is 0.595. The van der Waals surface area contributed by atoms with Gasteiger partial charge in [-0.25, -0.2) is 4.98 Å². The highest BCUT2D eigenvalue weighted by Crippen LogP contribution is 2.21. The number of hydrogen-bond acceptors (Lipinski definition) is 4. The summed E-state index contributed by atoms with van der Waals surface area (Å²) in [5.74, 6) is -0.286. The van der Waals surface area contributed by atoms with Gasteiger partial charge in [-0.2, -0.15) is 0 Å². The molecule has 3 heterocycles.